The zero-order valence-corrected chi connectivity index (χ0v) is 51.8. The third kappa shape index (κ3) is 7.89. The number of rotatable bonds is 12. The Hall–Kier alpha value is -9.76. The van der Waals surface area contributed by atoms with Gasteiger partial charge in [-0.15, -0.1) is 0 Å². The Morgan fingerprint density at radius 2 is 0.389 bits per heavy atom. The zero-order chi connectivity index (χ0) is 60.1. The summed E-state index contributed by atoms with van der Waals surface area (Å²) in [6, 6.07) is 97.5. The minimum atomic E-state index is -0.867. The summed E-state index contributed by atoms with van der Waals surface area (Å²) in [4.78, 5) is 0. The molecule has 0 spiro atoms. The predicted molar refractivity (Wildman–Crippen MR) is 370 cm³/mol. The smallest absolute Gasteiger partial charge is 0.105 e. The molecule has 2 heteroatoms. The third-order valence-corrected chi connectivity index (χ3v) is 22.5. The summed E-state index contributed by atoms with van der Waals surface area (Å²) in [6.07, 6.45) is 6.61. The maximum Gasteiger partial charge on any atom is 0.105 e. The molecule has 0 bridgehead atoms. The Morgan fingerprint density at radius 1 is 0.211 bits per heavy atom. The van der Waals surface area contributed by atoms with E-state index in [1.165, 1.54) is 167 Å². The van der Waals surface area contributed by atoms with Gasteiger partial charge < -0.3 is 0 Å². The number of nitrogens with zero attached hydrogens (tertiary/aromatic N) is 2. The average molecular weight is 1160 g/mol. The molecule has 0 aromatic heterocycles. The van der Waals surface area contributed by atoms with Crippen molar-refractivity contribution in [1.82, 2.24) is 0 Å². The quantitative estimate of drug-likeness (QED) is 0.109. The molecule has 90 heavy (non-hydrogen) atoms. The topological polar surface area (TPSA) is 24.7 Å². The molecule has 0 heterocycles. The van der Waals surface area contributed by atoms with Gasteiger partial charge in [0.15, 0.2) is 0 Å². The molecule has 12 aromatic carbocycles. The van der Waals surface area contributed by atoms with E-state index in [1.54, 1.807) is 0 Å². The Morgan fingerprint density at radius 3 is 0.611 bits per heavy atom. The normalized spacial score (nSPS) is 15.3. The molecule has 0 aliphatic heterocycles. The third-order valence-electron chi connectivity index (χ3n) is 22.5. The Kier molecular flexibility index (Phi) is 11.8. The molecule has 432 valence electrons. The first-order valence-electron chi connectivity index (χ1n) is 32.7. The van der Waals surface area contributed by atoms with Crippen LogP contribution in [0.25, 0.3) is 66.8 Å². The maximum atomic E-state index is 6.40. The molecular formula is C88H70N2. The zero-order valence-electron chi connectivity index (χ0n) is 51.8. The van der Waals surface area contributed by atoms with Crippen molar-refractivity contribution in [3.05, 3.63) is 355 Å². The highest BCUT2D eigenvalue weighted by atomic mass is 15.2. The molecule has 2 atom stereocenters. The molecule has 0 saturated carbocycles. The summed E-state index contributed by atoms with van der Waals surface area (Å²) in [6.45, 7) is 10.1. The van der Waals surface area contributed by atoms with Crippen LogP contribution in [0.4, 0.5) is 0 Å². The molecule has 2 unspecified atom stereocenters. The molecule has 0 N–H and O–H groups in total. The van der Waals surface area contributed by atoms with Crippen molar-refractivity contribution < 1.29 is 0 Å². The van der Waals surface area contributed by atoms with Crippen LogP contribution >= 0.6 is 0 Å². The van der Waals surface area contributed by atoms with Crippen molar-refractivity contribution in [2.24, 2.45) is 10.2 Å². The van der Waals surface area contributed by atoms with Crippen LogP contribution in [0.1, 0.15) is 141 Å². The fraction of sp³-hybridized carbons (Fsp3) is 0.182. The molecular weight excluding hydrogens is 1080 g/mol. The van der Waals surface area contributed by atoms with Crippen LogP contribution < -0.4 is 0 Å². The second kappa shape index (κ2) is 19.9. The van der Waals surface area contributed by atoms with Crippen LogP contribution in [-0.2, 0) is 60.4 Å². The predicted octanol–water partition coefficient (Wildman–Crippen LogP) is 21.5. The number of hydrogen-bond acceptors (Lipinski definition) is 2. The summed E-state index contributed by atoms with van der Waals surface area (Å²) >= 11 is 0. The molecule has 12 aromatic rings. The van der Waals surface area contributed by atoms with E-state index in [4.69, 9.17) is 10.2 Å². The summed E-state index contributed by atoms with van der Waals surface area (Å²) < 4.78 is 0. The van der Waals surface area contributed by atoms with E-state index >= 15 is 0 Å². The fourth-order valence-corrected chi connectivity index (χ4v) is 18.7. The van der Waals surface area contributed by atoms with Crippen LogP contribution in [0.2, 0.25) is 0 Å². The van der Waals surface area contributed by atoms with E-state index in [1.807, 2.05) is 0 Å². The van der Waals surface area contributed by atoms with Gasteiger partial charge in [-0.25, -0.2) is 0 Å². The van der Waals surface area contributed by atoms with Crippen molar-refractivity contribution >= 4 is 0 Å². The lowest BCUT2D eigenvalue weighted by Gasteiger charge is -2.43. The van der Waals surface area contributed by atoms with E-state index in [-0.39, 0.29) is 0 Å². The van der Waals surface area contributed by atoms with Gasteiger partial charge in [-0.3, -0.25) is 0 Å². The van der Waals surface area contributed by atoms with E-state index in [9.17, 15) is 0 Å². The summed E-state index contributed by atoms with van der Waals surface area (Å²) in [5.74, 6) is 0. The van der Waals surface area contributed by atoms with Gasteiger partial charge in [0.25, 0.3) is 0 Å². The van der Waals surface area contributed by atoms with Gasteiger partial charge in [0.1, 0.15) is 11.1 Å². The molecule has 0 radical (unpaired) electrons. The van der Waals surface area contributed by atoms with Gasteiger partial charge in [0.2, 0.25) is 0 Å². The molecule has 0 saturated heterocycles. The van der Waals surface area contributed by atoms with Crippen LogP contribution in [0, 0.1) is 0 Å². The van der Waals surface area contributed by atoms with Gasteiger partial charge in [-0.2, -0.15) is 10.2 Å². The summed E-state index contributed by atoms with van der Waals surface area (Å²) in [5.41, 5.74) is 38.0. The molecule has 2 nitrogen and oxygen atoms in total. The molecule has 0 amide bonds. The Labute approximate surface area is 529 Å². The fourth-order valence-electron chi connectivity index (χ4n) is 18.7. The van der Waals surface area contributed by atoms with E-state index < -0.39 is 21.9 Å². The molecule has 6 aliphatic rings. The lowest BCUT2D eigenvalue weighted by molar-refractivity contribution is 0.291. The Bertz CT molecular complexity index is 4540. The highest BCUT2D eigenvalue weighted by Gasteiger charge is 2.49. The van der Waals surface area contributed by atoms with E-state index in [0.717, 1.165) is 38.5 Å². The van der Waals surface area contributed by atoms with Crippen LogP contribution in [0.15, 0.2) is 265 Å². The summed E-state index contributed by atoms with van der Waals surface area (Å²) in [5, 5.41) is 12.8. The number of hydrogen-bond donors (Lipinski definition) is 0. The Balaban J connectivity index is 0.892. The van der Waals surface area contributed by atoms with Gasteiger partial charge >= 0.3 is 0 Å². The second-order valence-electron chi connectivity index (χ2n) is 27.8. The van der Waals surface area contributed by atoms with Crippen molar-refractivity contribution in [3.63, 3.8) is 0 Å². The second-order valence-corrected chi connectivity index (χ2v) is 27.8. The number of azo groups is 1. The van der Waals surface area contributed by atoms with E-state index in [0.29, 0.717) is 12.8 Å². The van der Waals surface area contributed by atoms with Gasteiger partial charge in [0, 0.05) is 10.8 Å². The average Bonchev–Trinajstić information content (AvgIpc) is 1.36. The number of benzene rings is 12. The highest BCUT2D eigenvalue weighted by molar-refractivity contribution is 5.85. The van der Waals surface area contributed by atoms with Crippen LogP contribution in [-0.4, -0.2) is 0 Å². The summed E-state index contributed by atoms with van der Waals surface area (Å²) in [7, 11) is 0. The van der Waals surface area contributed by atoms with Gasteiger partial charge in [-0.1, -0.05) is 269 Å². The van der Waals surface area contributed by atoms with Crippen molar-refractivity contribution in [1.29, 1.82) is 0 Å². The standard InChI is InChI=1S/C88H70N2/c1-85(79-41-17-35-67-61-29-11-5-23-55(61)47-73(67)79,80-42-18-36-68-62-30-12-6-24-56(62)48-74(68)80)53-87(3,83-45-21-39-71-65-33-15-9-27-59(65)51-77(71)83)89-90-88(4,84-46-22-40-72-66-34-16-10-28-60(66)52-78(72)84)54-86(2,81-43-19-37-69-63-31-13-7-25-57(63)49-75(69)81)82-44-20-38-70-64-32-14-8-26-58(64)50-76(70)82/h5-46H,47-54H2,1-4H3. The van der Waals surface area contributed by atoms with Crippen LogP contribution in [0.3, 0.4) is 0 Å². The highest BCUT2D eigenvalue weighted by Crippen LogP contribution is 2.58. The lowest BCUT2D eigenvalue weighted by atomic mass is 9.63. The largest absolute Gasteiger partial charge is 0.182 e. The minimum absolute atomic E-state index is 0.553. The lowest BCUT2D eigenvalue weighted by Crippen LogP contribution is -2.38. The molecule has 0 fully saturated rings. The first-order valence-corrected chi connectivity index (χ1v) is 32.7. The number of fused-ring (bicyclic) bond motifs is 18. The van der Waals surface area contributed by atoms with Crippen LogP contribution in [0.5, 0.6) is 0 Å². The van der Waals surface area contributed by atoms with Crippen molar-refractivity contribution in [3.8, 4) is 66.8 Å². The SMILES string of the molecule is CC(CC(C)(c1cccc2c1Cc1ccccc1-2)c1cccc2c1Cc1ccccc1-2)(N=NC(C)(CC(C)(c1cccc2c1Cc1ccccc1-2)c1cccc2c1Cc1ccccc1-2)c1cccc2c1Cc1ccccc1-2)c1cccc2c1Cc1ccccc1-2. The van der Waals surface area contributed by atoms with Crippen molar-refractivity contribution in [2.45, 2.75) is 101 Å². The minimum Gasteiger partial charge on any atom is -0.182 e. The van der Waals surface area contributed by atoms with Gasteiger partial charge in [-0.05, 0) is 232 Å². The van der Waals surface area contributed by atoms with E-state index in [2.05, 4.69) is 282 Å². The maximum absolute atomic E-state index is 6.40. The first-order chi connectivity index (χ1) is 44.1. The van der Waals surface area contributed by atoms with Crippen molar-refractivity contribution in [2.75, 3.05) is 0 Å². The molecule has 6 aliphatic carbocycles. The first kappa shape index (κ1) is 53.3. The monoisotopic (exact) mass is 1150 g/mol. The molecule has 18 rings (SSSR count). The van der Waals surface area contributed by atoms with Gasteiger partial charge in [0.05, 0.1) is 0 Å².